The molecule has 4 rings (SSSR count). The van der Waals surface area contributed by atoms with E-state index < -0.39 is 5.41 Å². The molecule has 0 saturated carbocycles. The van der Waals surface area contributed by atoms with Crippen molar-refractivity contribution in [2.24, 2.45) is 7.05 Å². The Morgan fingerprint density at radius 1 is 0.973 bits per heavy atom. The fraction of sp³-hybridized carbons (Fsp3) is 0.250. The van der Waals surface area contributed by atoms with Crippen molar-refractivity contribution in [2.75, 3.05) is 26.1 Å². The third kappa shape index (κ3) is 5.39. The van der Waals surface area contributed by atoms with Crippen LogP contribution in [-0.4, -0.2) is 42.4 Å². The Kier molecular flexibility index (Phi) is 7.40. The summed E-state index contributed by atoms with van der Waals surface area (Å²) in [7, 11) is 4.86. The van der Waals surface area contributed by atoms with Crippen LogP contribution in [-0.2, 0) is 12.5 Å². The van der Waals surface area contributed by atoms with E-state index in [1.54, 1.807) is 35.0 Å². The zero-order chi connectivity index (χ0) is 26.7. The van der Waals surface area contributed by atoms with Crippen LogP contribution in [0, 0.1) is 0 Å². The van der Waals surface area contributed by atoms with E-state index in [1.807, 2.05) is 51.2 Å². The van der Waals surface area contributed by atoms with Crippen molar-refractivity contribution in [1.29, 1.82) is 0 Å². The summed E-state index contributed by atoms with van der Waals surface area (Å²) in [5.41, 5.74) is 2.49. The van der Waals surface area contributed by atoms with Crippen molar-refractivity contribution < 1.29 is 19.1 Å². The number of para-hydroxylation sites is 1. The van der Waals surface area contributed by atoms with E-state index in [-0.39, 0.29) is 11.8 Å². The molecule has 0 spiro atoms. The molecule has 0 fully saturated rings. The second-order valence-electron chi connectivity index (χ2n) is 9.27. The van der Waals surface area contributed by atoms with Crippen LogP contribution >= 0.6 is 11.6 Å². The largest absolute Gasteiger partial charge is 0.493 e. The number of methoxy groups -OCH3 is 2. The van der Waals surface area contributed by atoms with E-state index in [0.29, 0.717) is 40.0 Å². The van der Waals surface area contributed by atoms with E-state index in [4.69, 9.17) is 21.1 Å². The predicted octanol–water partition coefficient (Wildman–Crippen LogP) is 5.20. The number of benzene rings is 3. The first-order chi connectivity index (χ1) is 17.6. The second kappa shape index (κ2) is 10.5. The number of aromatic nitrogens is 2. The number of ether oxygens (including phenoxy) is 2. The zero-order valence-electron chi connectivity index (χ0n) is 21.4. The minimum atomic E-state index is -0.540. The highest BCUT2D eigenvalue weighted by Crippen LogP contribution is 2.33. The molecule has 0 aliphatic rings. The SMILES string of the molecule is COc1ccc(C(=O)Nc2ccc(Cl)c(C(C)(C)CNC(=O)c3nn(C)c4ccccc34)c2)cc1OC. The number of nitrogens with one attached hydrogen (secondary N) is 2. The number of carbonyl (C=O) groups excluding carboxylic acids is 2. The van der Waals surface area contributed by atoms with Gasteiger partial charge in [0.2, 0.25) is 0 Å². The molecule has 9 heteroatoms. The molecule has 3 aromatic carbocycles. The molecule has 1 heterocycles. The first-order valence-corrected chi connectivity index (χ1v) is 12.1. The maximum atomic E-state index is 13.0. The number of halogens is 1. The molecule has 0 unspecified atom stereocenters. The Morgan fingerprint density at radius 2 is 1.70 bits per heavy atom. The van der Waals surface area contributed by atoms with E-state index >= 15 is 0 Å². The average molecular weight is 521 g/mol. The van der Waals surface area contributed by atoms with Crippen molar-refractivity contribution in [1.82, 2.24) is 15.1 Å². The van der Waals surface area contributed by atoms with Gasteiger partial charge in [-0.1, -0.05) is 43.6 Å². The molecule has 0 aliphatic heterocycles. The number of rotatable bonds is 8. The van der Waals surface area contributed by atoms with Crippen molar-refractivity contribution in [3.8, 4) is 11.5 Å². The maximum absolute atomic E-state index is 13.0. The van der Waals surface area contributed by atoms with Crippen LogP contribution in [0.2, 0.25) is 5.02 Å². The summed E-state index contributed by atoms with van der Waals surface area (Å²) in [4.78, 5) is 25.9. The van der Waals surface area contributed by atoms with Gasteiger partial charge < -0.3 is 20.1 Å². The highest BCUT2D eigenvalue weighted by atomic mass is 35.5. The Bertz CT molecular complexity index is 1480. The highest BCUT2D eigenvalue weighted by molar-refractivity contribution is 6.31. The van der Waals surface area contributed by atoms with E-state index in [9.17, 15) is 9.59 Å². The van der Waals surface area contributed by atoms with E-state index in [1.165, 1.54) is 14.2 Å². The van der Waals surface area contributed by atoms with Crippen LogP contribution in [0.25, 0.3) is 10.9 Å². The van der Waals surface area contributed by atoms with Crippen LogP contribution < -0.4 is 20.1 Å². The van der Waals surface area contributed by atoms with Crippen LogP contribution in [0.5, 0.6) is 11.5 Å². The number of amides is 2. The summed E-state index contributed by atoms with van der Waals surface area (Å²) < 4.78 is 12.2. The van der Waals surface area contributed by atoms with Crippen LogP contribution in [0.15, 0.2) is 60.7 Å². The molecular weight excluding hydrogens is 492 g/mol. The number of fused-ring (bicyclic) bond motifs is 1. The Labute approximate surface area is 220 Å². The standard InChI is InChI=1S/C28H29ClN4O4/c1-28(2,16-30-27(35)25-19-8-6-7-9-22(19)33(3)32-25)20-15-18(11-12-21(20)29)31-26(34)17-10-13-23(36-4)24(14-17)37-5/h6-15H,16H2,1-5H3,(H,30,35)(H,31,34). The average Bonchev–Trinajstić information content (AvgIpc) is 3.24. The first-order valence-electron chi connectivity index (χ1n) is 11.7. The molecule has 37 heavy (non-hydrogen) atoms. The normalized spacial score (nSPS) is 11.3. The summed E-state index contributed by atoms with van der Waals surface area (Å²) in [6.07, 6.45) is 0. The van der Waals surface area contributed by atoms with Gasteiger partial charge in [0.1, 0.15) is 0 Å². The van der Waals surface area contributed by atoms with Crippen molar-refractivity contribution in [3.63, 3.8) is 0 Å². The van der Waals surface area contributed by atoms with Gasteiger partial charge in [-0.3, -0.25) is 14.3 Å². The molecule has 192 valence electrons. The molecule has 1 aromatic heterocycles. The summed E-state index contributed by atoms with van der Waals surface area (Å²) in [5.74, 6) is 0.432. The summed E-state index contributed by atoms with van der Waals surface area (Å²) in [6.45, 7) is 4.26. The van der Waals surface area contributed by atoms with Crippen molar-refractivity contribution in [2.45, 2.75) is 19.3 Å². The third-order valence-corrected chi connectivity index (χ3v) is 6.59. The highest BCUT2D eigenvalue weighted by Gasteiger charge is 2.26. The Hall–Kier alpha value is -4.04. The first kappa shape index (κ1) is 26.0. The summed E-state index contributed by atoms with van der Waals surface area (Å²) in [6, 6.07) is 17.8. The summed E-state index contributed by atoms with van der Waals surface area (Å²) >= 11 is 6.55. The minimum Gasteiger partial charge on any atom is -0.493 e. The Morgan fingerprint density at radius 3 is 2.43 bits per heavy atom. The zero-order valence-corrected chi connectivity index (χ0v) is 22.1. The van der Waals surface area contributed by atoms with E-state index in [2.05, 4.69) is 15.7 Å². The fourth-order valence-corrected chi connectivity index (χ4v) is 4.54. The van der Waals surface area contributed by atoms with Gasteiger partial charge in [-0.05, 0) is 48.0 Å². The Balaban J connectivity index is 1.50. The number of carbonyl (C=O) groups is 2. The predicted molar refractivity (Wildman–Crippen MR) is 145 cm³/mol. The lowest BCUT2D eigenvalue weighted by atomic mass is 9.84. The molecular formula is C28H29ClN4O4. The lowest BCUT2D eigenvalue weighted by Gasteiger charge is -2.27. The second-order valence-corrected chi connectivity index (χ2v) is 9.68. The molecule has 0 saturated heterocycles. The van der Waals surface area contributed by atoms with Crippen LogP contribution in [0.4, 0.5) is 5.69 Å². The van der Waals surface area contributed by atoms with E-state index in [0.717, 1.165) is 16.5 Å². The topological polar surface area (TPSA) is 94.5 Å². The smallest absolute Gasteiger partial charge is 0.272 e. The van der Waals surface area contributed by atoms with Gasteiger partial charge in [0.15, 0.2) is 17.2 Å². The molecule has 2 amide bonds. The fourth-order valence-electron chi connectivity index (χ4n) is 4.16. The monoisotopic (exact) mass is 520 g/mol. The number of hydrogen-bond acceptors (Lipinski definition) is 5. The van der Waals surface area contributed by atoms with Crippen molar-refractivity contribution in [3.05, 3.63) is 82.5 Å². The quantitative estimate of drug-likeness (QED) is 0.333. The summed E-state index contributed by atoms with van der Waals surface area (Å²) in [5, 5.41) is 11.6. The minimum absolute atomic E-state index is 0.265. The molecule has 2 N–H and O–H groups in total. The third-order valence-electron chi connectivity index (χ3n) is 6.26. The van der Waals surface area contributed by atoms with Crippen molar-refractivity contribution >= 4 is 40.0 Å². The molecule has 0 bridgehead atoms. The number of aryl methyl sites for hydroxylation is 1. The van der Waals surface area contributed by atoms with Gasteiger partial charge in [0.25, 0.3) is 11.8 Å². The number of hydrogen-bond donors (Lipinski definition) is 2. The molecule has 0 atom stereocenters. The van der Waals surface area contributed by atoms with Crippen LogP contribution in [0.1, 0.15) is 40.3 Å². The van der Waals surface area contributed by atoms with Gasteiger partial charge >= 0.3 is 0 Å². The van der Waals surface area contributed by atoms with Gasteiger partial charge in [0, 0.05) is 40.7 Å². The molecule has 4 aromatic rings. The van der Waals surface area contributed by atoms with Crippen LogP contribution in [0.3, 0.4) is 0 Å². The maximum Gasteiger partial charge on any atom is 0.272 e. The molecule has 0 radical (unpaired) electrons. The molecule has 0 aliphatic carbocycles. The van der Waals surface area contributed by atoms with Gasteiger partial charge in [-0.15, -0.1) is 0 Å². The lowest BCUT2D eigenvalue weighted by molar-refractivity contribution is 0.0941. The van der Waals surface area contributed by atoms with Gasteiger partial charge in [-0.25, -0.2) is 0 Å². The lowest BCUT2D eigenvalue weighted by Crippen LogP contribution is -2.37. The van der Waals surface area contributed by atoms with Gasteiger partial charge in [-0.2, -0.15) is 5.10 Å². The number of anilines is 1. The molecule has 8 nitrogen and oxygen atoms in total. The number of nitrogens with zero attached hydrogens (tertiary/aromatic N) is 2. The van der Waals surface area contributed by atoms with Gasteiger partial charge in [0.05, 0.1) is 19.7 Å².